The Kier molecular flexibility index (Phi) is 5.51. The van der Waals surface area contributed by atoms with Crippen molar-refractivity contribution in [2.75, 3.05) is 25.1 Å². The molecule has 0 saturated carbocycles. The largest absolute Gasteiger partial charge is 0.481 e. The van der Waals surface area contributed by atoms with Gasteiger partial charge in [-0.25, -0.2) is 0 Å². The number of piperidine rings is 1. The molecule has 1 atom stereocenters. The Bertz CT molecular complexity index is 524. The van der Waals surface area contributed by atoms with Crippen LogP contribution in [0, 0.1) is 5.92 Å². The lowest BCUT2D eigenvalue weighted by molar-refractivity contribution is -0.149. The van der Waals surface area contributed by atoms with Crippen LogP contribution >= 0.6 is 11.8 Å². The fourth-order valence-corrected chi connectivity index (χ4v) is 3.77. The summed E-state index contributed by atoms with van der Waals surface area (Å²) in [4.78, 5) is 26.1. The molecule has 1 fully saturated rings. The normalized spacial score (nSPS) is 18.7. The van der Waals surface area contributed by atoms with Gasteiger partial charge >= 0.3 is 5.97 Å². The molecule has 1 amide bonds. The molecule has 0 bridgehead atoms. The van der Waals surface area contributed by atoms with Crippen molar-refractivity contribution in [2.45, 2.75) is 25.2 Å². The van der Waals surface area contributed by atoms with Crippen LogP contribution in [0.4, 0.5) is 0 Å². The van der Waals surface area contributed by atoms with Gasteiger partial charge in [0.1, 0.15) is 0 Å². The highest BCUT2D eigenvalue weighted by Gasteiger charge is 2.44. The van der Waals surface area contributed by atoms with Crippen molar-refractivity contribution >= 4 is 23.6 Å². The predicted molar refractivity (Wildman–Crippen MR) is 89.1 cm³/mol. The number of carbonyl (C=O) groups is 2. The second-order valence-corrected chi connectivity index (χ2v) is 6.85. The number of benzene rings is 1. The van der Waals surface area contributed by atoms with Crippen molar-refractivity contribution in [2.24, 2.45) is 5.92 Å². The zero-order valence-corrected chi connectivity index (χ0v) is 13.9. The predicted octanol–water partition coefficient (Wildman–Crippen LogP) is 2.63. The number of carboxylic acid groups (broad SMARTS) is 1. The molecule has 0 aliphatic carbocycles. The van der Waals surface area contributed by atoms with Crippen LogP contribution in [0.1, 0.15) is 25.3 Å². The van der Waals surface area contributed by atoms with Crippen LogP contribution in [0.3, 0.4) is 0 Å². The minimum Gasteiger partial charge on any atom is -0.481 e. The maximum Gasteiger partial charge on any atom is 0.314 e. The van der Waals surface area contributed by atoms with Crippen molar-refractivity contribution in [3.63, 3.8) is 0 Å². The van der Waals surface area contributed by atoms with E-state index in [1.807, 2.05) is 48.4 Å². The van der Waals surface area contributed by atoms with Gasteiger partial charge in [-0.15, -0.1) is 0 Å². The molecule has 0 spiro atoms. The lowest BCUT2D eigenvalue weighted by Gasteiger charge is -2.40. The van der Waals surface area contributed by atoms with E-state index in [4.69, 9.17) is 0 Å². The minimum absolute atomic E-state index is 0.0101. The van der Waals surface area contributed by atoms with Gasteiger partial charge in [-0.1, -0.05) is 37.3 Å². The Morgan fingerprint density at radius 2 is 1.86 bits per heavy atom. The van der Waals surface area contributed by atoms with Crippen LogP contribution in [-0.4, -0.2) is 47.0 Å². The second-order valence-electron chi connectivity index (χ2n) is 5.93. The number of aliphatic carboxylic acids is 1. The number of hydrogen-bond donors (Lipinski definition) is 1. The standard InChI is InChI=1S/C17H23NO3S/c1-13(12-22-2)15(19)18-10-8-17(9-11-18,16(20)21)14-6-4-3-5-7-14/h3-7,13H,8-12H2,1-2H3,(H,20,21). The maximum absolute atomic E-state index is 12.4. The van der Waals surface area contributed by atoms with E-state index in [1.54, 1.807) is 11.8 Å². The number of likely N-dealkylation sites (tertiary alicyclic amines) is 1. The van der Waals surface area contributed by atoms with E-state index < -0.39 is 11.4 Å². The van der Waals surface area contributed by atoms with Crippen LogP contribution < -0.4 is 0 Å². The van der Waals surface area contributed by atoms with Gasteiger partial charge in [0.2, 0.25) is 5.91 Å². The molecular formula is C17H23NO3S. The molecule has 4 nitrogen and oxygen atoms in total. The molecule has 1 aliphatic heterocycles. The summed E-state index contributed by atoms with van der Waals surface area (Å²) >= 11 is 1.66. The van der Waals surface area contributed by atoms with Gasteiger partial charge in [0.15, 0.2) is 0 Å². The van der Waals surface area contributed by atoms with Gasteiger partial charge in [0, 0.05) is 24.8 Å². The number of amides is 1. The Morgan fingerprint density at radius 3 is 2.36 bits per heavy atom. The monoisotopic (exact) mass is 321 g/mol. The van der Waals surface area contributed by atoms with Crippen molar-refractivity contribution < 1.29 is 14.7 Å². The lowest BCUT2D eigenvalue weighted by Crippen LogP contribution is -2.50. The Labute approximate surface area is 135 Å². The fraction of sp³-hybridized carbons (Fsp3) is 0.529. The molecule has 1 aliphatic rings. The van der Waals surface area contributed by atoms with Crippen molar-refractivity contribution in [3.8, 4) is 0 Å². The first-order chi connectivity index (χ1) is 10.5. The third-order valence-corrected chi connectivity index (χ3v) is 5.34. The summed E-state index contributed by atoms with van der Waals surface area (Å²) in [5, 5.41) is 9.75. The molecule has 0 aromatic heterocycles. The van der Waals surface area contributed by atoms with Crippen LogP contribution in [0.5, 0.6) is 0 Å². The van der Waals surface area contributed by atoms with Gasteiger partial charge in [0.05, 0.1) is 5.41 Å². The minimum atomic E-state index is -0.860. The Balaban J connectivity index is 2.11. The third-order valence-electron chi connectivity index (χ3n) is 4.50. The maximum atomic E-state index is 12.4. The molecule has 0 radical (unpaired) electrons. The summed E-state index contributed by atoms with van der Waals surface area (Å²) in [6.07, 6.45) is 2.94. The number of rotatable bonds is 5. The molecule has 1 aromatic carbocycles. The average molecular weight is 321 g/mol. The molecule has 5 heteroatoms. The number of carboxylic acids is 1. The number of hydrogen-bond acceptors (Lipinski definition) is 3. The Morgan fingerprint density at radius 1 is 1.27 bits per heavy atom. The van der Waals surface area contributed by atoms with Gasteiger partial charge in [-0.3, -0.25) is 9.59 Å². The number of thioether (sulfide) groups is 1. The highest BCUT2D eigenvalue weighted by atomic mass is 32.2. The van der Waals surface area contributed by atoms with E-state index >= 15 is 0 Å². The first kappa shape index (κ1) is 16.9. The second kappa shape index (κ2) is 7.18. The topological polar surface area (TPSA) is 57.6 Å². The molecule has 2 rings (SSSR count). The lowest BCUT2D eigenvalue weighted by atomic mass is 9.72. The highest BCUT2D eigenvalue weighted by molar-refractivity contribution is 7.98. The fourth-order valence-electron chi connectivity index (χ4n) is 3.12. The van der Waals surface area contributed by atoms with E-state index in [2.05, 4.69) is 0 Å². The quantitative estimate of drug-likeness (QED) is 0.906. The molecule has 120 valence electrons. The van der Waals surface area contributed by atoms with E-state index in [-0.39, 0.29) is 11.8 Å². The third kappa shape index (κ3) is 3.29. The summed E-state index contributed by atoms with van der Waals surface area (Å²) in [5.74, 6) is 0.145. The van der Waals surface area contributed by atoms with E-state index in [0.29, 0.717) is 25.9 Å². The van der Waals surface area contributed by atoms with Crippen molar-refractivity contribution in [1.29, 1.82) is 0 Å². The molecular weight excluding hydrogens is 298 g/mol. The zero-order chi connectivity index (χ0) is 16.2. The molecule has 1 heterocycles. The summed E-state index contributed by atoms with van der Waals surface area (Å²) in [6.45, 7) is 2.96. The van der Waals surface area contributed by atoms with E-state index in [9.17, 15) is 14.7 Å². The Hall–Kier alpha value is -1.49. The van der Waals surface area contributed by atoms with Crippen LogP contribution in [-0.2, 0) is 15.0 Å². The summed E-state index contributed by atoms with van der Waals surface area (Å²) < 4.78 is 0. The van der Waals surface area contributed by atoms with Gasteiger partial charge in [-0.2, -0.15) is 11.8 Å². The number of nitrogens with zero attached hydrogens (tertiary/aromatic N) is 1. The van der Waals surface area contributed by atoms with Gasteiger partial charge in [-0.05, 0) is 24.7 Å². The first-order valence-electron chi connectivity index (χ1n) is 7.58. The average Bonchev–Trinajstić information content (AvgIpc) is 2.55. The highest BCUT2D eigenvalue weighted by Crippen LogP contribution is 2.36. The van der Waals surface area contributed by atoms with Crippen LogP contribution in [0.2, 0.25) is 0 Å². The smallest absolute Gasteiger partial charge is 0.314 e. The van der Waals surface area contributed by atoms with Crippen LogP contribution in [0.15, 0.2) is 30.3 Å². The molecule has 22 heavy (non-hydrogen) atoms. The zero-order valence-electron chi connectivity index (χ0n) is 13.1. The first-order valence-corrected chi connectivity index (χ1v) is 8.97. The molecule has 1 unspecified atom stereocenters. The van der Waals surface area contributed by atoms with Crippen molar-refractivity contribution in [3.05, 3.63) is 35.9 Å². The van der Waals surface area contributed by atoms with Gasteiger partial charge < -0.3 is 10.0 Å². The van der Waals surface area contributed by atoms with E-state index in [0.717, 1.165) is 11.3 Å². The van der Waals surface area contributed by atoms with Gasteiger partial charge in [0.25, 0.3) is 0 Å². The summed E-state index contributed by atoms with van der Waals surface area (Å²) in [7, 11) is 0. The molecule has 1 saturated heterocycles. The van der Waals surface area contributed by atoms with Crippen LogP contribution in [0.25, 0.3) is 0 Å². The molecule has 1 N–H and O–H groups in total. The van der Waals surface area contributed by atoms with E-state index in [1.165, 1.54) is 0 Å². The van der Waals surface area contributed by atoms with Crippen molar-refractivity contribution in [1.82, 2.24) is 4.90 Å². The molecule has 1 aromatic rings. The number of carbonyl (C=O) groups excluding carboxylic acids is 1. The SMILES string of the molecule is CSCC(C)C(=O)N1CCC(C(=O)O)(c2ccccc2)CC1. The summed E-state index contributed by atoms with van der Waals surface area (Å²) in [5.41, 5.74) is -0.0207. The summed E-state index contributed by atoms with van der Waals surface area (Å²) in [6, 6.07) is 9.39.